The highest BCUT2D eigenvalue weighted by Gasteiger charge is 2.12. The van der Waals surface area contributed by atoms with Crippen molar-refractivity contribution in [3.8, 4) is 11.3 Å². The monoisotopic (exact) mass is 314 g/mol. The molecule has 0 fully saturated rings. The molecule has 1 aromatic heterocycles. The molecule has 0 aliphatic heterocycles. The van der Waals surface area contributed by atoms with Gasteiger partial charge in [0.2, 0.25) is 0 Å². The molecular formula is C14H16Cl2N2S. The van der Waals surface area contributed by atoms with E-state index in [-0.39, 0.29) is 0 Å². The van der Waals surface area contributed by atoms with Crippen LogP contribution in [-0.4, -0.2) is 18.1 Å². The van der Waals surface area contributed by atoms with Crippen molar-refractivity contribution in [2.24, 2.45) is 0 Å². The Morgan fingerprint density at radius 1 is 1.32 bits per heavy atom. The van der Waals surface area contributed by atoms with Gasteiger partial charge in [-0.25, -0.2) is 4.98 Å². The third-order valence-corrected chi connectivity index (χ3v) is 4.37. The lowest BCUT2D eigenvalue weighted by atomic mass is 10.1. The van der Waals surface area contributed by atoms with Gasteiger partial charge >= 0.3 is 0 Å². The number of halogens is 2. The maximum atomic E-state index is 6.24. The number of aryl methyl sites for hydroxylation is 1. The first kappa shape index (κ1) is 14.8. The molecule has 0 saturated heterocycles. The number of thiazole rings is 1. The highest BCUT2D eigenvalue weighted by molar-refractivity contribution is 7.12. The van der Waals surface area contributed by atoms with E-state index in [4.69, 9.17) is 28.2 Å². The quantitative estimate of drug-likeness (QED) is 0.817. The zero-order valence-corrected chi connectivity index (χ0v) is 13.3. The van der Waals surface area contributed by atoms with Crippen molar-refractivity contribution in [2.75, 3.05) is 13.1 Å². The van der Waals surface area contributed by atoms with Crippen molar-refractivity contribution < 1.29 is 0 Å². The number of hydrogen-bond donors (Lipinski definition) is 1. The summed E-state index contributed by atoms with van der Waals surface area (Å²) in [5, 5.41) is 5.74. The summed E-state index contributed by atoms with van der Waals surface area (Å²) in [6.07, 6.45) is 0.949. The Balaban J connectivity index is 2.24. The van der Waals surface area contributed by atoms with Crippen LogP contribution in [0.2, 0.25) is 10.0 Å². The van der Waals surface area contributed by atoms with Gasteiger partial charge in [0, 0.05) is 28.4 Å². The lowest BCUT2D eigenvalue weighted by Gasteiger charge is -2.02. The fourth-order valence-corrected chi connectivity index (χ4v) is 3.31. The average Bonchev–Trinajstić information content (AvgIpc) is 2.71. The maximum Gasteiger partial charge on any atom is 0.0948 e. The van der Waals surface area contributed by atoms with Crippen molar-refractivity contribution in [1.29, 1.82) is 0 Å². The average molecular weight is 315 g/mol. The van der Waals surface area contributed by atoms with E-state index < -0.39 is 0 Å². The molecule has 0 aliphatic carbocycles. The molecule has 0 amide bonds. The molecule has 2 rings (SSSR count). The molecule has 0 spiro atoms. The van der Waals surface area contributed by atoms with Crippen LogP contribution in [0.3, 0.4) is 0 Å². The molecule has 2 aromatic rings. The van der Waals surface area contributed by atoms with Gasteiger partial charge in [0.15, 0.2) is 0 Å². The van der Waals surface area contributed by atoms with Gasteiger partial charge in [-0.3, -0.25) is 0 Å². The Hall–Kier alpha value is -0.610. The Morgan fingerprint density at radius 3 is 2.79 bits per heavy atom. The van der Waals surface area contributed by atoms with Crippen molar-refractivity contribution in [2.45, 2.75) is 20.3 Å². The Bertz CT molecular complexity index is 567. The van der Waals surface area contributed by atoms with Crippen molar-refractivity contribution in [3.05, 3.63) is 38.1 Å². The molecule has 1 heterocycles. The van der Waals surface area contributed by atoms with Crippen LogP contribution in [-0.2, 0) is 6.42 Å². The van der Waals surface area contributed by atoms with Crippen LogP contribution in [0.1, 0.15) is 16.8 Å². The van der Waals surface area contributed by atoms with E-state index in [1.165, 1.54) is 4.88 Å². The van der Waals surface area contributed by atoms with Crippen LogP contribution in [0, 0.1) is 6.92 Å². The van der Waals surface area contributed by atoms with E-state index in [9.17, 15) is 0 Å². The van der Waals surface area contributed by atoms with Crippen molar-refractivity contribution in [3.63, 3.8) is 0 Å². The van der Waals surface area contributed by atoms with Gasteiger partial charge in [0.05, 0.1) is 15.7 Å². The maximum absolute atomic E-state index is 6.24. The summed E-state index contributed by atoms with van der Waals surface area (Å²) in [5.41, 5.74) is 1.92. The summed E-state index contributed by atoms with van der Waals surface area (Å²) >= 11 is 13.9. The summed E-state index contributed by atoms with van der Waals surface area (Å²) in [5.74, 6) is 0. The minimum atomic E-state index is 0.647. The summed E-state index contributed by atoms with van der Waals surface area (Å²) in [7, 11) is 0. The minimum absolute atomic E-state index is 0.647. The predicted molar refractivity (Wildman–Crippen MR) is 84.6 cm³/mol. The second kappa shape index (κ2) is 6.71. The normalized spacial score (nSPS) is 10.9. The molecule has 2 nitrogen and oxygen atoms in total. The van der Waals surface area contributed by atoms with Crippen LogP contribution in [0.4, 0.5) is 0 Å². The van der Waals surface area contributed by atoms with Gasteiger partial charge in [-0.1, -0.05) is 30.1 Å². The number of hydrogen-bond acceptors (Lipinski definition) is 3. The molecule has 1 aromatic carbocycles. The summed E-state index contributed by atoms with van der Waals surface area (Å²) in [6.45, 7) is 6.12. The fourth-order valence-electron chi connectivity index (χ4n) is 1.86. The van der Waals surface area contributed by atoms with Crippen LogP contribution < -0.4 is 5.32 Å². The third-order valence-electron chi connectivity index (χ3n) is 2.79. The van der Waals surface area contributed by atoms with Gasteiger partial charge in [-0.15, -0.1) is 11.3 Å². The predicted octanol–water partition coefficient (Wildman–Crippen LogP) is 4.58. The van der Waals surface area contributed by atoms with Crippen LogP contribution in [0.25, 0.3) is 11.3 Å². The molecule has 5 heteroatoms. The summed E-state index contributed by atoms with van der Waals surface area (Å²) in [6, 6.07) is 5.54. The van der Waals surface area contributed by atoms with E-state index in [1.54, 1.807) is 17.4 Å². The Morgan fingerprint density at radius 2 is 2.11 bits per heavy atom. The van der Waals surface area contributed by atoms with E-state index in [2.05, 4.69) is 19.2 Å². The fraction of sp³-hybridized carbons (Fsp3) is 0.357. The van der Waals surface area contributed by atoms with E-state index in [1.807, 2.05) is 12.1 Å². The third kappa shape index (κ3) is 3.69. The summed E-state index contributed by atoms with van der Waals surface area (Å²) in [4.78, 5) is 5.88. The number of rotatable bonds is 5. The summed E-state index contributed by atoms with van der Waals surface area (Å²) < 4.78 is 0. The molecular weight excluding hydrogens is 299 g/mol. The minimum Gasteiger partial charge on any atom is -0.317 e. The number of aromatic nitrogens is 1. The molecule has 19 heavy (non-hydrogen) atoms. The first-order valence-corrected chi connectivity index (χ1v) is 7.81. The molecule has 0 bridgehead atoms. The molecule has 0 saturated carbocycles. The topological polar surface area (TPSA) is 24.9 Å². The van der Waals surface area contributed by atoms with Gasteiger partial charge in [-0.05, 0) is 31.7 Å². The van der Waals surface area contributed by atoms with E-state index >= 15 is 0 Å². The van der Waals surface area contributed by atoms with Gasteiger partial charge < -0.3 is 5.32 Å². The van der Waals surface area contributed by atoms with E-state index in [0.717, 1.165) is 35.8 Å². The largest absolute Gasteiger partial charge is 0.317 e. The molecule has 102 valence electrons. The SMILES string of the molecule is CCNCCc1nc(-c2ccc(Cl)cc2Cl)c(C)s1. The smallest absolute Gasteiger partial charge is 0.0948 e. The zero-order valence-electron chi connectivity index (χ0n) is 11.0. The van der Waals surface area contributed by atoms with Crippen molar-refractivity contribution in [1.82, 2.24) is 10.3 Å². The molecule has 0 unspecified atom stereocenters. The molecule has 0 atom stereocenters. The second-order valence-electron chi connectivity index (χ2n) is 4.24. The second-order valence-corrected chi connectivity index (χ2v) is 6.37. The standard InChI is InChI=1S/C14H16Cl2N2S/c1-3-17-7-6-13-18-14(9(2)19-13)11-5-4-10(15)8-12(11)16/h4-5,8,17H,3,6-7H2,1-2H3. The van der Waals surface area contributed by atoms with Gasteiger partial charge in [0.25, 0.3) is 0 Å². The number of benzene rings is 1. The first-order valence-electron chi connectivity index (χ1n) is 6.24. The van der Waals surface area contributed by atoms with Crippen molar-refractivity contribution >= 4 is 34.5 Å². The van der Waals surface area contributed by atoms with Crippen LogP contribution in [0.5, 0.6) is 0 Å². The van der Waals surface area contributed by atoms with Gasteiger partial charge in [0.1, 0.15) is 0 Å². The van der Waals surface area contributed by atoms with Crippen LogP contribution in [0.15, 0.2) is 18.2 Å². The molecule has 0 radical (unpaired) electrons. The van der Waals surface area contributed by atoms with E-state index in [0.29, 0.717) is 10.0 Å². The Kier molecular flexibility index (Phi) is 5.22. The number of nitrogens with zero attached hydrogens (tertiary/aromatic N) is 1. The van der Waals surface area contributed by atoms with Gasteiger partial charge in [-0.2, -0.15) is 0 Å². The zero-order chi connectivity index (χ0) is 13.8. The number of likely N-dealkylation sites (N-methyl/N-ethyl adjacent to an activating group) is 1. The first-order chi connectivity index (χ1) is 9.11. The highest BCUT2D eigenvalue weighted by atomic mass is 35.5. The Labute approximate surface area is 127 Å². The molecule has 0 aliphatic rings. The van der Waals surface area contributed by atoms with Crippen LogP contribution >= 0.6 is 34.5 Å². The lowest BCUT2D eigenvalue weighted by molar-refractivity contribution is 0.714. The number of nitrogens with one attached hydrogen (secondary N) is 1. The highest BCUT2D eigenvalue weighted by Crippen LogP contribution is 2.34. The molecule has 1 N–H and O–H groups in total. The lowest BCUT2D eigenvalue weighted by Crippen LogP contribution is -2.15.